The molecule has 0 spiro atoms. The maximum atomic E-state index is 2.50. The Morgan fingerprint density at radius 1 is 1.04 bits per heavy atom. The predicted octanol–water partition coefficient (Wildman–Crippen LogP) is 5.53. The van der Waals surface area contributed by atoms with Gasteiger partial charge in [-0.15, -0.1) is 0 Å². The van der Waals surface area contributed by atoms with Crippen LogP contribution in [0.2, 0.25) is 19.6 Å². The Hall–Kier alpha value is -1.41. The molecule has 2 rings (SSSR count). The van der Waals surface area contributed by atoms with E-state index in [-0.39, 0.29) is 5.41 Å². The smallest absolute Gasteiger partial charge is 0.201 e. The molecular weight excluding hydrogens is 330 g/mol. The van der Waals surface area contributed by atoms with Crippen LogP contribution in [0, 0.1) is 12.8 Å². The zero-order valence-electron chi connectivity index (χ0n) is 18.6. The molecular formula is C24H38NSi+. The SMILES string of the molecule is Cc1ccc(C(C)(C)C)cc1-c1cc([Si](C)(C)C)c(CC(C)C)c[n+]1C. The van der Waals surface area contributed by atoms with Gasteiger partial charge in [0.15, 0.2) is 6.20 Å². The van der Waals surface area contributed by atoms with E-state index in [1.165, 1.54) is 27.9 Å². The van der Waals surface area contributed by atoms with Crippen molar-refractivity contribution in [3.05, 3.63) is 47.2 Å². The van der Waals surface area contributed by atoms with Crippen LogP contribution in [0.5, 0.6) is 0 Å². The summed E-state index contributed by atoms with van der Waals surface area (Å²) in [6.07, 6.45) is 3.56. The van der Waals surface area contributed by atoms with Crippen LogP contribution in [0.1, 0.15) is 51.3 Å². The van der Waals surface area contributed by atoms with Crippen molar-refractivity contribution in [3.63, 3.8) is 0 Å². The summed E-state index contributed by atoms with van der Waals surface area (Å²) < 4.78 is 2.34. The number of hydrogen-bond acceptors (Lipinski definition) is 0. The van der Waals surface area contributed by atoms with E-state index in [1.54, 1.807) is 5.19 Å². The average Bonchev–Trinajstić information content (AvgIpc) is 2.45. The third-order valence-corrected chi connectivity index (χ3v) is 7.25. The molecule has 0 saturated heterocycles. The van der Waals surface area contributed by atoms with Gasteiger partial charge >= 0.3 is 0 Å². The van der Waals surface area contributed by atoms with Crippen LogP contribution in [0.4, 0.5) is 0 Å². The van der Waals surface area contributed by atoms with Gasteiger partial charge in [0.05, 0.1) is 8.07 Å². The summed E-state index contributed by atoms with van der Waals surface area (Å²) in [5.41, 5.74) is 7.18. The van der Waals surface area contributed by atoms with E-state index in [0.717, 1.165) is 6.42 Å². The quantitative estimate of drug-likeness (QED) is 0.493. The van der Waals surface area contributed by atoms with Crippen molar-refractivity contribution < 1.29 is 4.57 Å². The highest BCUT2D eigenvalue weighted by molar-refractivity contribution is 6.89. The van der Waals surface area contributed by atoms with E-state index in [2.05, 4.69) is 103 Å². The number of pyridine rings is 1. The van der Waals surface area contributed by atoms with Crippen LogP contribution in [0.25, 0.3) is 11.3 Å². The fraction of sp³-hybridized carbons (Fsp3) is 0.542. The second-order valence-corrected chi connectivity index (χ2v) is 15.4. The molecule has 0 N–H and O–H groups in total. The molecule has 0 aliphatic rings. The van der Waals surface area contributed by atoms with Gasteiger partial charge in [0.2, 0.25) is 5.69 Å². The van der Waals surface area contributed by atoms with Gasteiger partial charge in [-0.25, -0.2) is 4.57 Å². The van der Waals surface area contributed by atoms with Gasteiger partial charge in [0, 0.05) is 17.2 Å². The molecule has 0 unspecified atom stereocenters. The Morgan fingerprint density at radius 3 is 2.15 bits per heavy atom. The maximum Gasteiger partial charge on any atom is 0.212 e. The molecule has 1 aromatic carbocycles. The summed E-state index contributed by atoms with van der Waals surface area (Å²) >= 11 is 0. The van der Waals surface area contributed by atoms with Crippen LogP contribution in [0.3, 0.4) is 0 Å². The van der Waals surface area contributed by atoms with Crippen molar-refractivity contribution in [3.8, 4) is 11.3 Å². The van der Waals surface area contributed by atoms with Crippen molar-refractivity contribution in [2.45, 2.75) is 73.0 Å². The van der Waals surface area contributed by atoms with E-state index in [0.29, 0.717) is 5.92 Å². The fourth-order valence-corrected chi connectivity index (χ4v) is 5.34. The van der Waals surface area contributed by atoms with Crippen molar-refractivity contribution >= 4 is 13.3 Å². The molecule has 1 aromatic heterocycles. The minimum absolute atomic E-state index is 0.167. The van der Waals surface area contributed by atoms with Crippen molar-refractivity contribution in [2.24, 2.45) is 13.0 Å². The van der Waals surface area contributed by atoms with E-state index in [1.807, 2.05) is 0 Å². The topological polar surface area (TPSA) is 3.88 Å². The van der Waals surface area contributed by atoms with Crippen LogP contribution in [-0.4, -0.2) is 8.07 Å². The normalized spacial score (nSPS) is 12.7. The van der Waals surface area contributed by atoms with Gasteiger partial charge in [-0.05, 0) is 47.1 Å². The van der Waals surface area contributed by atoms with Gasteiger partial charge in [-0.3, -0.25) is 0 Å². The van der Waals surface area contributed by atoms with Gasteiger partial charge in [-0.1, -0.05) is 66.4 Å². The van der Waals surface area contributed by atoms with E-state index in [9.17, 15) is 0 Å². The summed E-state index contributed by atoms with van der Waals surface area (Å²) in [5, 5.41) is 1.61. The lowest BCUT2D eigenvalue weighted by Crippen LogP contribution is -2.45. The number of aryl methyl sites for hydroxylation is 2. The lowest BCUT2D eigenvalue weighted by Gasteiger charge is -2.23. The lowest BCUT2D eigenvalue weighted by atomic mass is 9.85. The molecule has 0 radical (unpaired) electrons. The predicted molar refractivity (Wildman–Crippen MR) is 118 cm³/mol. The molecule has 142 valence electrons. The van der Waals surface area contributed by atoms with Gasteiger partial charge in [0.25, 0.3) is 0 Å². The Bertz CT molecular complexity index is 789. The first-order chi connectivity index (χ1) is 11.8. The molecule has 0 atom stereocenters. The molecule has 0 aliphatic heterocycles. The maximum absolute atomic E-state index is 2.50. The van der Waals surface area contributed by atoms with Crippen LogP contribution in [0.15, 0.2) is 30.5 Å². The second-order valence-electron chi connectivity index (χ2n) is 10.3. The highest BCUT2D eigenvalue weighted by Crippen LogP contribution is 2.29. The molecule has 2 aromatic rings. The Kier molecular flexibility index (Phi) is 5.87. The Balaban J connectivity index is 2.71. The van der Waals surface area contributed by atoms with Crippen LogP contribution in [-0.2, 0) is 18.9 Å². The number of nitrogens with zero attached hydrogens (tertiary/aromatic N) is 1. The molecule has 0 amide bonds. The second kappa shape index (κ2) is 7.30. The summed E-state index contributed by atoms with van der Waals surface area (Å²) in [6, 6.07) is 9.47. The average molecular weight is 369 g/mol. The van der Waals surface area contributed by atoms with Crippen molar-refractivity contribution in [2.75, 3.05) is 0 Å². The van der Waals surface area contributed by atoms with Crippen molar-refractivity contribution in [1.29, 1.82) is 0 Å². The highest BCUT2D eigenvalue weighted by atomic mass is 28.3. The van der Waals surface area contributed by atoms with E-state index in [4.69, 9.17) is 0 Å². The minimum atomic E-state index is -1.41. The summed E-state index contributed by atoms with van der Waals surface area (Å²) in [4.78, 5) is 0. The highest BCUT2D eigenvalue weighted by Gasteiger charge is 2.27. The summed E-state index contributed by atoms with van der Waals surface area (Å²) in [6.45, 7) is 21.1. The summed E-state index contributed by atoms with van der Waals surface area (Å²) in [5.74, 6) is 0.682. The fourth-order valence-electron chi connectivity index (χ4n) is 3.64. The zero-order valence-corrected chi connectivity index (χ0v) is 19.6. The molecule has 1 heterocycles. The Labute approximate surface area is 162 Å². The largest absolute Gasteiger partial charge is 0.212 e. The monoisotopic (exact) mass is 368 g/mol. The molecule has 0 saturated carbocycles. The number of benzene rings is 1. The Morgan fingerprint density at radius 2 is 1.65 bits per heavy atom. The van der Waals surface area contributed by atoms with E-state index >= 15 is 0 Å². The first-order valence-electron chi connectivity index (χ1n) is 9.95. The summed E-state index contributed by atoms with van der Waals surface area (Å²) in [7, 11) is 0.792. The molecule has 2 heteroatoms. The number of hydrogen-bond donors (Lipinski definition) is 0. The number of rotatable bonds is 4. The first kappa shape index (κ1) is 20.9. The number of aromatic nitrogens is 1. The van der Waals surface area contributed by atoms with Crippen LogP contribution < -0.4 is 9.75 Å². The van der Waals surface area contributed by atoms with Crippen molar-refractivity contribution in [1.82, 2.24) is 0 Å². The molecule has 26 heavy (non-hydrogen) atoms. The van der Waals surface area contributed by atoms with Gasteiger partial charge in [0.1, 0.15) is 7.05 Å². The third-order valence-electron chi connectivity index (χ3n) is 5.17. The molecule has 0 bridgehead atoms. The van der Waals surface area contributed by atoms with Gasteiger partial charge < -0.3 is 0 Å². The minimum Gasteiger partial charge on any atom is -0.201 e. The lowest BCUT2D eigenvalue weighted by molar-refractivity contribution is -0.660. The third kappa shape index (κ3) is 4.65. The molecule has 0 fully saturated rings. The molecule has 0 aliphatic carbocycles. The first-order valence-corrected chi connectivity index (χ1v) is 13.4. The molecule has 1 nitrogen and oxygen atoms in total. The zero-order chi connectivity index (χ0) is 19.9. The van der Waals surface area contributed by atoms with Gasteiger partial charge in [-0.2, -0.15) is 0 Å². The van der Waals surface area contributed by atoms with E-state index < -0.39 is 8.07 Å². The van der Waals surface area contributed by atoms with Crippen LogP contribution >= 0.6 is 0 Å². The standard InChI is InChI=1S/C24H38NSi/c1-17(2)13-19-16-25(7)22(15-23(19)26(8,9)10)21-14-20(24(4,5)6)12-11-18(21)3/h11-12,14-17H,13H2,1-10H3/q+1.